The molecule has 1 saturated heterocycles. The first kappa shape index (κ1) is 41.7. The van der Waals surface area contributed by atoms with Crippen molar-refractivity contribution in [1.82, 2.24) is 19.9 Å². The van der Waals surface area contributed by atoms with E-state index in [-0.39, 0.29) is 25.3 Å². The van der Waals surface area contributed by atoms with E-state index in [4.69, 9.17) is 25.8 Å². The minimum atomic E-state index is -3.91. The van der Waals surface area contributed by atoms with Crippen molar-refractivity contribution in [1.29, 1.82) is 0 Å². The maximum absolute atomic E-state index is 14.8. The number of carbonyl (C=O) groups is 4. The van der Waals surface area contributed by atoms with Gasteiger partial charge in [0.25, 0.3) is 5.91 Å². The van der Waals surface area contributed by atoms with E-state index >= 15 is 0 Å². The lowest BCUT2D eigenvalue weighted by molar-refractivity contribution is -0.141. The predicted octanol–water partition coefficient (Wildman–Crippen LogP) is 5.40. The monoisotopic (exact) mass is 823 g/mol. The highest BCUT2D eigenvalue weighted by molar-refractivity contribution is 7.91. The van der Waals surface area contributed by atoms with E-state index in [0.717, 1.165) is 0 Å². The van der Waals surface area contributed by atoms with E-state index in [1.54, 1.807) is 63.2 Å². The van der Waals surface area contributed by atoms with Crippen LogP contribution in [0.1, 0.15) is 77.6 Å². The van der Waals surface area contributed by atoms with Crippen LogP contribution in [0.2, 0.25) is 5.02 Å². The van der Waals surface area contributed by atoms with Gasteiger partial charge in [-0.2, -0.15) is 0 Å². The minimum Gasteiger partial charge on any atom is -0.494 e. The topological polar surface area (TPSA) is 182 Å². The van der Waals surface area contributed by atoms with E-state index in [1.165, 1.54) is 24.3 Å². The number of esters is 1. The molecule has 57 heavy (non-hydrogen) atoms. The van der Waals surface area contributed by atoms with Crippen molar-refractivity contribution < 1.29 is 41.8 Å². The number of ether oxygens (including phenoxy) is 3. The number of methoxy groups -OCH3 is 1. The van der Waals surface area contributed by atoms with E-state index in [0.29, 0.717) is 45.6 Å². The molecule has 1 unspecified atom stereocenters. The highest BCUT2D eigenvalue weighted by Crippen LogP contribution is 2.46. The molecule has 306 valence electrons. The Morgan fingerprint density at radius 1 is 1.04 bits per heavy atom. The Balaban J connectivity index is 1.30. The zero-order valence-corrected chi connectivity index (χ0v) is 34.8. The molecule has 3 N–H and O–H groups in total. The van der Waals surface area contributed by atoms with E-state index in [9.17, 15) is 27.6 Å². The zero-order valence-electron chi connectivity index (χ0n) is 33.2. The van der Waals surface area contributed by atoms with E-state index in [2.05, 4.69) is 26.9 Å². The van der Waals surface area contributed by atoms with Crippen LogP contribution in [0.5, 0.6) is 11.6 Å². The molecule has 0 spiro atoms. The lowest BCUT2D eigenvalue weighted by atomic mass is 9.85. The highest BCUT2D eigenvalue weighted by Gasteiger charge is 2.62. The maximum Gasteiger partial charge on any atom is 0.338 e. The number of nitrogens with zero attached hydrogens (tertiary/aromatic N) is 2. The molecule has 16 heteroatoms. The second-order valence-corrected chi connectivity index (χ2v) is 19.4. The van der Waals surface area contributed by atoms with E-state index < -0.39 is 79.6 Å². The van der Waals surface area contributed by atoms with Gasteiger partial charge < -0.3 is 29.7 Å². The van der Waals surface area contributed by atoms with Crippen molar-refractivity contribution in [2.45, 2.75) is 102 Å². The van der Waals surface area contributed by atoms with Gasteiger partial charge in [0.05, 0.1) is 30.7 Å². The number of hydrogen-bond donors (Lipinski definition) is 3. The van der Waals surface area contributed by atoms with Crippen LogP contribution >= 0.6 is 11.6 Å². The number of likely N-dealkylation sites (tertiary alicyclic amines) is 1. The summed E-state index contributed by atoms with van der Waals surface area (Å²) >= 11 is 6.37. The number of anilines is 1. The van der Waals surface area contributed by atoms with Crippen molar-refractivity contribution in [2.75, 3.05) is 19.0 Å². The standard InChI is InChI=1S/C41H50ClN5O9S/c1-9-24-20-41(24,38(51)46-57(52,53)28-15-16-28)45-34(48)31-19-27(55-35-30-18-25(42)12-17-29(30)32(54-8)21-43-35)22-47(31)36(49)33(39(2,3)4)44-26-13-10-23(11-14-26)37(50)56-40(5,6)7/h9-14,17-18,21,24,27-28,31,33,44H,1,15-16,19-20,22H2,2-8H3,(H,45,48)(H,46,51)/t24-,27-,31+,33?,41-/m1/s1. The van der Waals surface area contributed by atoms with Crippen molar-refractivity contribution in [2.24, 2.45) is 11.3 Å². The fourth-order valence-corrected chi connectivity index (χ4v) is 8.53. The molecule has 1 aromatic heterocycles. The molecule has 6 rings (SSSR count). The molecule has 0 bridgehead atoms. The molecule has 3 aromatic rings. The number of rotatable bonds is 13. The van der Waals surface area contributed by atoms with Crippen molar-refractivity contribution in [3.05, 3.63) is 71.9 Å². The normalized spacial score (nSPS) is 22.6. The number of amides is 3. The molecule has 2 aromatic carbocycles. The van der Waals surface area contributed by atoms with Gasteiger partial charge in [-0.25, -0.2) is 18.2 Å². The minimum absolute atomic E-state index is 0.0195. The van der Waals surface area contributed by atoms with Crippen molar-refractivity contribution in [3.63, 3.8) is 0 Å². The van der Waals surface area contributed by atoms with Crippen LogP contribution < -0.4 is 24.8 Å². The predicted molar refractivity (Wildman–Crippen MR) is 216 cm³/mol. The summed E-state index contributed by atoms with van der Waals surface area (Å²) in [6.45, 7) is 14.8. The molecule has 14 nitrogen and oxygen atoms in total. The average molecular weight is 824 g/mol. The van der Waals surface area contributed by atoms with Gasteiger partial charge >= 0.3 is 5.97 Å². The maximum atomic E-state index is 14.8. The van der Waals surface area contributed by atoms with Crippen molar-refractivity contribution in [3.8, 4) is 11.6 Å². The summed E-state index contributed by atoms with van der Waals surface area (Å²) in [5.74, 6) is -2.21. The van der Waals surface area contributed by atoms with Crippen LogP contribution in [-0.4, -0.2) is 90.2 Å². The van der Waals surface area contributed by atoms with Gasteiger partial charge in [-0.3, -0.25) is 19.1 Å². The van der Waals surface area contributed by atoms with Gasteiger partial charge in [-0.1, -0.05) is 38.4 Å². The lowest BCUT2D eigenvalue weighted by Gasteiger charge is -2.36. The third-order valence-electron chi connectivity index (χ3n) is 10.3. The number of sulfonamides is 1. The third-order valence-corrected chi connectivity index (χ3v) is 12.4. The zero-order chi connectivity index (χ0) is 41.7. The summed E-state index contributed by atoms with van der Waals surface area (Å²) < 4.78 is 45.1. The van der Waals surface area contributed by atoms with Crippen LogP contribution in [0.3, 0.4) is 0 Å². The molecule has 3 aliphatic rings. The van der Waals surface area contributed by atoms with Gasteiger partial charge in [0.15, 0.2) is 0 Å². The number of carbonyl (C=O) groups excluding carboxylic acids is 4. The number of benzene rings is 2. The average Bonchev–Trinajstić information content (AvgIpc) is 4.06. The first-order valence-corrected chi connectivity index (χ1v) is 20.8. The molecule has 2 aliphatic carbocycles. The fraction of sp³-hybridized carbons (Fsp3) is 0.488. The summed E-state index contributed by atoms with van der Waals surface area (Å²) in [4.78, 5) is 61.4. The molecule has 0 radical (unpaired) electrons. The molecule has 1 aliphatic heterocycles. The summed E-state index contributed by atoms with van der Waals surface area (Å²) in [6, 6.07) is 9.74. The Kier molecular flexibility index (Phi) is 11.3. The Hall–Kier alpha value is -4.89. The molecule has 2 saturated carbocycles. The van der Waals surface area contributed by atoms with Crippen LogP contribution in [0.15, 0.2) is 61.3 Å². The van der Waals surface area contributed by atoms with Gasteiger partial charge in [-0.15, -0.1) is 6.58 Å². The third kappa shape index (κ3) is 9.14. The Morgan fingerprint density at radius 2 is 1.72 bits per heavy atom. The van der Waals surface area contributed by atoms with Gasteiger partial charge in [-0.05, 0) is 87.9 Å². The second-order valence-electron chi connectivity index (χ2n) is 17.0. The van der Waals surface area contributed by atoms with Crippen molar-refractivity contribution >= 4 is 61.8 Å². The van der Waals surface area contributed by atoms with Gasteiger partial charge in [0, 0.05) is 33.8 Å². The Morgan fingerprint density at radius 3 is 2.30 bits per heavy atom. The molecule has 3 amide bonds. The number of halogens is 1. The number of hydrogen-bond acceptors (Lipinski definition) is 11. The van der Waals surface area contributed by atoms with Crippen LogP contribution in [0, 0.1) is 11.3 Å². The molecule has 3 fully saturated rings. The summed E-state index contributed by atoms with van der Waals surface area (Å²) in [5.41, 5.74) is -2.04. The SMILES string of the molecule is C=C[C@@H]1C[C@]1(NC(=O)[C@@H]1C[C@@H](Oc2ncc(OC)c3ccc(Cl)cc23)CN1C(=O)C(Nc1ccc(C(=O)OC(C)(C)C)cc1)C(C)(C)C)C(=O)NS(=O)(=O)C1CC1. The number of fused-ring (bicyclic) bond motifs is 1. The van der Waals surface area contributed by atoms with Crippen LogP contribution in [0.25, 0.3) is 10.8 Å². The fourth-order valence-electron chi connectivity index (χ4n) is 6.99. The first-order valence-electron chi connectivity index (χ1n) is 18.9. The highest BCUT2D eigenvalue weighted by atomic mass is 35.5. The van der Waals surface area contributed by atoms with Crippen LogP contribution in [0.4, 0.5) is 5.69 Å². The van der Waals surface area contributed by atoms with Gasteiger partial charge in [0.2, 0.25) is 27.7 Å². The summed E-state index contributed by atoms with van der Waals surface area (Å²) in [6.07, 6.45) is 3.35. The number of nitrogens with one attached hydrogen (secondary N) is 3. The van der Waals surface area contributed by atoms with Gasteiger partial charge in [0.1, 0.15) is 35.1 Å². The first-order chi connectivity index (χ1) is 26.7. The molecular formula is C41H50ClN5O9S. The number of pyridine rings is 1. The summed E-state index contributed by atoms with van der Waals surface area (Å²) in [5, 5.41) is 7.19. The van der Waals surface area contributed by atoms with Crippen LogP contribution in [-0.2, 0) is 29.1 Å². The summed E-state index contributed by atoms with van der Waals surface area (Å²) in [7, 11) is -2.39. The smallest absolute Gasteiger partial charge is 0.338 e. The van der Waals surface area contributed by atoms with E-state index in [1.807, 2.05) is 20.8 Å². The molecule has 2 heterocycles. The molecular weight excluding hydrogens is 774 g/mol. The second kappa shape index (κ2) is 15.5. The number of aromatic nitrogens is 1. The molecule has 5 atom stereocenters. The Labute approximate surface area is 338 Å². The quantitative estimate of drug-likeness (QED) is 0.148. The lowest BCUT2D eigenvalue weighted by Crippen LogP contribution is -2.58. The largest absolute Gasteiger partial charge is 0.494 e. The Bertz CT molecular complexity index is 2200.